The Morgan fingerprint density at radius 1 is 1.33 bits per heavy atom. The summed E-state index contributed by atoms with van der Waals surface area (Å²) in [5, 5.41) is 2.58. The first-order valence-electron chi connectivity index (χ1n) is 4.01. The maximum Gasteiger partial charge on any atom is 0.235 e. The summed E-state index contributed by atoms with van der Waals surface area (Å²) in [5.74, 6) is -0.107. The molecule has 0 unspecified atom stereocenters. The Bertz CT molecular complexity index is 193. The average molecular weight is 190 g/mol. The summed E-state index contributed by atoms with van der Waals surface area (Å²) >= 11 is 5.42. The molecule has 3 nitrogen and oxygen atoms in total. The highest BCUT2D eigenvalue weighted by molar-refractivity contribution is 6.66. The van der Waals surface area contributed by atoms with Gasteiger partial charge in [-0.25, -0.2) is 0 Å². The van der Waals surface area contributed by atoms with Crippen LogP contribution in [-0.2, 0) is 9.59 Å². The quantitative estimate of drug-likeness (QED) is 0.514. The van der Waals surface area contributed by atoms with Crippen molar-refractivity contribution in [2.24, 2.45) is 5.41 Å². The topological polar surface area (TPSA) is 46.2 Å². The normalized spacial score (nSPS) is 21.8. The van der Waals surface area contributed by atoms with Crippen molar-refractivity contribution in [3.63, 3.8) is 0 Å². The number of piperidine rings is 1. The number of Topliss-reactive ketones (excluding diaryl/α,β-unsaturated/α-hetero) is 1. The maximum absolute atomic E-state index is 11.2. The van der Waals surface area contributed by atoms with E-state index in [-0.39, 0.29) is 5.78 Å². The number of halogens is 1. The number of hydrogen-bond donors (Lipinski definition) is 1. The third kappa shape index (κ3) is 1.52. The molecule has 1 aliphatic heterocycles. The molecule has 0 aromatic heterocycles. The fourth-order valence-corrected chi connectivity index (χ4v) is 1.86. The van der Waals surface area contributed by atoms with Gasteiger partial charge in [0.1, 0.15) is 11.2 Å². The van der Waals surface area contributed by atoms with Crippen LogP contribution in [0.3, 0.4) is 0 Å². The number of rotatable bonds is 2. The van der Waals surface area contributed by atoms with Crippen LogP contribution in [0.4, 0.5) is 0 Å². The zero-order valence-corrected chi connectivity index (χ0v) is 7.78. The predicted octanol–water partition coefficient (Wildman–Crippen LogP) is 0.711. The van der Waals surface area contributed by atoms with Gasteiger partial charge in [0, 0.05) is 0 Å². The van der Waals surface area contributed by atoms with Gasteiger partial charge >= 0.3 is 0 Å². The van der Waals surface area contributed by atoms with Gasteiger partial charge in [0.05, 0.1) is 0 Å². The Balaban J connectivity index is 2.84. The third-order valence-electron chi connectivity index (χ3n) is 2.51. The second kappa shape index (κ2) is 3.54. The molecular weight excluding hydrogens is 178 g/mol. The molecule has 1 rings (SSSR count). The van der Waals surface area contributed by atoms with Crippen LogP contribution in [0.15, 0.2) is 0 Å². The third-order valence-corrected chi connectivity index (χ3v) is 2.87. The fourth-order valence-electron chi connectivity index (χ4n) is 1.54. The molecule has 68 valence electrons. The summed E-state index contributed by atoms with van der Waals surface area (Å²) in [6, 6.07) is 0. The zero-order valence-electron chi connectivity index (χ0n) is 7.02. The van der Waals surface area contributed by atoms with Crippen molar-refractivity contribution in [2.75, 3.05) is 13.1 Å². The molecule has 1 N–H and O–H groups in total. The molecule has 0 saturated carbocycles. The number of hydrogen-bond acceptors (Lipinski definition) is 3. The van der Waals surface area contributed by atoms with E-state index in [0.29, 0.717) is 25.9 Å². The van der Waals surface area contributed by atoms with E-state index in [9.17, 15) is 9.59 Å². The van der Waals surface area contributed by atoms with Crippen molar-refractivity contribution in [1.82, 2.24) is 5.32 Å². The van der Waals surface area contributed by atoms with E-state index in [0.717, 1.165) is 0 Å². The maximum atomic E-state index is 11.2. The largest absolute Gasteiger partial charge is 0.317 e. The van der Waals surface area contributed by atoms with Gasteiger partial charge in [-0.05, 0) is 44.5 Å². The van der Waals surface area contributed by atoms with Crippen LogP contribution in [0, 0.1) is 5.41 Å². The molecule has 1 fully saturated rings. The lowest BCUT2D eigenvalue weighted by Gasteiger charge is -2.31. The second-order valence-corrected chi connectivity index (χ2v) is 3.51. The molecule has 0 radical (unpaired) electrons. The molecule has 0 atom stereocenters. The minimum Gasteiger partial charge on any atom is -0.317 e. The van der Waals surface area contributed by atoms with Crippen molar-refractivity contribution >= 4 is 22.6 Å². The average Bonchev–Trinajstić information content (AvgIpc) is 2.05. The Morgan fingerprint density at radius 3 is 2.08 bits per heavy atom. The number of carbonyl (C=O) groups is 2. The van der Waals surface area contributed by atoms with E-state index in [4.69, 9.17) is 11.6 Å². The molecule has 4 heteroatoms. The summed E-state index contributed by atoms with van der Waals surface area (Å²) < 4.78 is 0. The van der Waals surface area contributed by atoms with Gasteiger partial charge in [-0.15, -0.1) is 0 Å². The van der Waals surface area contributed by atoms with Crippen LogP contribution in [0.5, 0.6) is 0 Å². The van der Waals surface area contributed by atoms with E-state index in [1.807, 2.05) is 0 Å². The molecule has 1 aliphatic rings. The van der Waals surface area contributed by atoms with E-state index in [2.05, 4.69) is 5.32 Å². The smallest absolute Gasteiger partial charge is 0.235 e. The minimum absolute atomic E-state index is 0.107. The monoisotopic (exact) mass is 189 g/mol. The highest BCUT2D eigenvalue weighted by atomic mass is 35.5. The van der Waals surface area contributed by atoms with Gasteiger partial charge in [0.15, 0.2) is 0 Å². The van der Waals surface area contributed by atoms with E-state index >= 15 is 0 Å². The number of carbonyl (C=O) groups excluding carboxylic acids is 2. The zero-order chi connectivity index (χ0) is 9.19. The van der Waals surface area contributed by atoms with E-state index in [1.54, 1.807) is 0 Å². The van der Waals surface area contributed by atoms with Gasteiger partial charge in [-0.1, -0.05) is 0 Å². The molecule has 12 heavy (non-hydrogen) atoms. The summed E-state index contributed by atoms with van der Waals surface area (Å²) in [4.78, 5) is 22.3. The molecule has 0 aromatic rings. The molecule has 0 aliphatic carbocycles. The molecule has 1 saturated heterocycles. The highest BCUT2D eigenvalue weighted by Crippen LogP contribution is 2.32. The fraction of sp³-hybridized carbons (Fsp3) is 0.750. The Kier molecular flexibility index (Phi) is 2.85. The second-order valence-electron chi connectivity index (χ2n) is 3.16. The molecule has 0 aromatic carbocycles. The molecule has 0 amide bonds. The van der Waals surface area contributed by atoms with Crippen LogP contribution >= 0.6 is 11.6 Å². The molecule has 0 spiro atoms. The first-order valence-corrected chi connectivity index (χ1v) is 4.39. The van der Waals surface area contributed by atoms with Crippen molar-refractivity contribution in [3.8, 4) is 0 Å². The number of ketones is 1. The molecule has 0 bridgehead atoms. The summed E-state index contributed by atoms with van der Waals surface area (Å²) in [7, 11) is 0. The first-order chi connectivity index (χ1) is 5.59. The van der Waals surface area contributed by atoms with Crippen molar-refractivity contribution in [2.45, 2.75) is 19.8 Å². The van der Waals surface area contributed by atoms with Crippen LogP contribution in [0.1, 0.15) is 19.8 Å². The lowest BCUT2D eigenvalue weighted by molar-refractivity contribution is -0.136. The van der Waals surface area contributed by atoms with Gasteiger partial charge in [0.25, 0.3) is 0 Å². The molecular formula is C8H12ClNO2. The van der Waals surface area contributed by atoms with Crippen LogP contribution in [-0.4, -0.2) is 24.1 Å². The lowest BCUT2D eigenvalue weighted by atomic mass is 9.77. The summed E-state index contributed by atoms with van der Waals surface area (Å²) in [5.41, 5.74) is -0.896. The predicted molar refractivity (Wildman–Crippen MR) is 46.1 cm³/mol. The van der Waals surface area contributed by atoms with Crippen LogP contribution < -0.4 is 5.32 Å². The highest BCUT2D eigenvalue weighted by Gasteiger charge is 2.42. The first kappa shape index (κ1) is 9.68. The number of nitrogens with one attached hydrogen (secondary N) is 1. The standard InChI is InChI=1S/C8H12ClNO2/c1-6(11)8(7(9)12)2-4-10-5-3-8/h10H,2-5H2,1H3. The SMILES string of the molecule is CC(=O)C1(C(=O)Cl)CCNCC1. The minimum atomic E-state index is -0.896. The summed E-state index contributed by atoms with van der Waals surface area (Å²) in [6.45, 7) is 2.82. The Hall–Kier alpha value is -0.410. The van der Waals surface area contributed by atoms with Crippen LogP contribution in [0.25, 0.3) is 0 Å². The van der Waals surface area contributed by atoms with Crippen molar-refractivity contribution in [3.05, 3.63) is 0 Å². The van der Waals surface area contributed by atoms with Gasteiger partial charge in [-0.3, -0.25) is 9.59 Å². The lowest BCUT2D eigenvalue weighted by Crippen LogP contribution is -2.45. The van der Waals surface area contributed by atoms with Crippen LogP contribution in [0.2, 0.25) is 0 Å². The van der Waals surface area contributed by atoms with E-state index < -0.39 is 10.7 Å². The Morgan fingerprint density at radius 2 is 1.83 bits per heavy atom. The van der Waals surface area contributed by atoms with Gasteiger partial charge in [0.2, 0.25) is 5.24 Å². The molecule has 1 heterocycles. The Labute approximate surface area is 76.5 Å². The van der Waals surface area contributed by atoms with E-state index in [1.165, 1.54) is 6.92 Å². The van der Waals surface area contributed by atoms with Gasteiger partial charge in [-0.2, -0.15) is 0 Å². The van der Waals surface area contributed by atoms with Crippen molar-refractivity contribution < 1.29 is 9.59 Å². The van der Waals surface area contributed by atoms with Gasteiger partial charge < -0.3 is 5.32 Å². The van der Waals surface area contributed by atoms with Crippen molar-refractivity contribution in [1.29, 1.82) is 0 Å². The summed E-state index contributed by atoms with van der Waals surface area (Å²) in [6.07, 6.45) is 1.06.